The molecular weight excluding hydrogens is 425 g/mol. The van der Waals surface area contributed by atoms with Gasteiger partial charge in [0.25, 0.3) is 0 Å². The van der Waals surface area contributed by atoms with Gasteiger partial charge in [-0.2, -0.15) is 4.39 Å². The predicted octanol–water partition coefficient (Wildman–Crippen LogP) is 6.93. The first-order valence-electron chi connectivity index (χ1n) is 10.6. The van der Waals surface area contributed by atoms with Crippen molar-refractivity contribution in [3.63, 3.8) is 0 Å². The molecule has 168 valence electrons. The van der Waals surface area contributed by atoms with Gasteiger partial charge in [0, 0.05) is 5.56 Å². The summed E-state index contributed by atoms with van der Waals surface area (Å²) in [6, 6.07) is 7.08. The van der Waals surface area contributed by atoms with E-state index in [4.69, 9.17) is 9.47 Å². The minimum atomic E-state index is -1.35. The third kappa shape index (κ3) is 5.67. The molecule has 0 saturated heterocycles. The summed E-state index contributed by atoms with van der Waals surface area (Å²) >= 11 is 0.850. The lowest BCUT2D eigenvalue weighted by Crippen LogP contribution is -2.21. The normalized spacial score (nSPS) is 12.7. The molecule has 0 fully saturated rings. The molecule has 0 amide bonds. The Kier molecular flexibility index (Phi) is 8.51. The lowest BCUT2D eigenvalue weighted by molar-refractivity contribution is 0.267. The summed E-state index contributed by atoms with van der Waals surface area (Å²) in [4.78, 5) is 4.02. The van der Waals surface area contributed by atoms with Gasteiger partial charge < -0.3 is 14.2 Å². The van der Waals surface area contributed by atoms with Crippen LogP contribution in [-0.4, -0.2) is 19.0 Å². The number of amidine groups is 1. The van der Waals surface area contributed by atoms with Crippen molar-refractivity contribution in [1.29, 1.82) is 0 Å². The molecule has 1 aliphatic heterocycles. The Morgan fingerprint density at radius 3 is 2.26 bits per heavy atom. The first-order chi connectivity index (χ1) is 15.1. The van der Waals surface area contributed by atoms with Crippen molar-refractivity contribution in [2.75, 3.05) is 13.2 Å². The summed E-state index contributed by atoms with van der Waals surface area (Å²) in [6.45, 7) is 4.91. The molecule has 0 spiro atoms. The molecule has 0 aromatic heterocycles. The second-order valence-electron chi connectivity index (χ2n) is 7.25. The van der Waals surface area contributed by atoms with Crippen molar-refractivity contribution in [2.45, 2.75) is 57.3 Å². The minimum Gasteiger partial charge on any atom is -0.494 e. The molecule has 0 radical (unpaired) electrons. The molecule has 0 unspecified atom stereocenters. The van der Waals surface area contributed by atoms with Crippen LogP contribution in [0.1, 0.15) is 57.9 Å². The molecule has 1 heterocycles. The van der Waals surface area contributed by atoms with E-state index >= 15 is 0 Å². The number of nitrogens with zero attached hydrogens (tertiary/aromatic N) is 1. The summed E-state index contributed by atoms with van der Waals surface area (Å²) in [6.07, 6.45) is 5.59. The van der Waals surface area contributed by atoms with Crippen molar-refractivity contribution < 1.29 is 22.6 Å². The quantitative estimate of drug-likeness (QED) is 0.228. The maximum absolute atomic E-state index is 14.8. The fourth-order valence-corrected chi connectivity index (χ4v) is 3.81. The van der Waals surface area contributed by atoms with Crippen molar-refractivity contribution in [3.8, 4) is 11.5 Å². The van der Waals surface area contributed by atoms with Crippen LogP contribution >= 0.6 is 11.9 Å². The van der Waals surface area contributed by atoms with Crippen LogP contribution in [0.5, 0.6) is 11.5 Å². The van der Waals surface area contributed by atoms with Crippen molar-refractivity contribution in [2.24, 2.45) is 4.99 Å². The van der Waals surface area contributed by atoms with E-state index in [1.807, 2.05) is 0 Å². The van der Waals surface area contributed by atoms with Crippen LogP contribution in [0.3, 0.4) is 0 Å². The van der Waals surface area contributed by atoms with Gasteiger partial charge in [0.1, 0.15) is 17.3 Å². The van der Waals surface area contributed by atoms with Crippen LogP contribution < -0.4 is 14.2 Å². The van der Waals surface area contributed by atoms with Crippen LogP contribution in [0.2, 0.25) is 0 Å². The van der Waals surface area contributed by atoms with Gasteiger partial charge in [0.2, 0.25) is 5.82 Å². The molecule has 2 aromatic rings. The van der Waals surface area contributed by atoms with Gasteiger partial charge in [-0.15, -0.1) is 0 Å². The van der Waals surface area contributed by atoms with E-state index in [1.165, 1.54) is 0 Å². The molecule has 3 rings (SSSR count). The number of aliphatic imine (C=N–C) groups is 1. The molecule has 0 saturated carbocycles. The van der Waals surface area contributed by atoms with Gasteiger partial charge in [0.15, 0.2) is 17.4 Å². The van der Waals surface area contributed by atoms with Crippen molar-refractivity contribution >= 4 is 23.5 Å². The fourth-order valence-electron chi connectivity index (χ4n) is 3.03. The van der Waals surface area contributed by atoms with Gasteiger partial charge >= 0.3 is 0 Å². The topological polar surface area (TPSA) is 42.8 Å². The number of benzene rings is 2. The van der Waals surface area contributed by atoms with Gasteiger partial charge in [-0.25, -0.2) is 13.8 Å². The Hall–Kier alpha value is -2.35. The lowest BCUT2D eigenvalue weighted by Gasteiger charge is -2.20. The SMILES string of the molecule is CCCCCCOc1c(F)c(F)c2c(c1F)SNC(c1ccc(OCCCC)cc1)=N2. The maximum atomic E-state index is 14.8. The molecule has 8 heteroatoms. The molecule has 1 aliphatic rings. The van der Waals surface area contributed by atoms with E-state index in [0.717, 1.165) is 44.1 Å². The fraction of sp³-hybridized carbons (Fsp3) is 0.435. The van der Waals surface area contributed by atoms with Gasteiger partial charge in [-0.05, 0) is 49.1 Å². The molecule has 0 bridgehead atoms. The van der Waals surface area contributed by atoms with Crippen LogP contribution in [0.25, 0.3) is 0 Å². The highest BCUT2D eigenvalue weighted by atomic mass is 32.2. The Morgan fingerprint density at radius 2 is 1.55 bits per heavy atom. The van der Waals surface area contributed by atoms with Crippen LogP contribution in [0.4, 0.5) is 18.9 Å². The lowest BCUT2D eigenvalue weighted by atomic mass is 10.2. The Bertz CT molecular complexity index is 920. The van der Waals surface area contributed by atoms with Crippen LogP contribution in [0, 0.1) is 17.5 Å². The summed E-state index contributed by atoms with van der Waals surface area (Å²) in [5, 5.41) is 0. The second kappa shape index (κ2) is 11.3. The smallest absolute Gasteiger partial charge is 0.206 e. The molecular formula is C23H27F3N2O2S. The third-order valence-electron chi connectivity index (χ3n) is 4.83. The molecule has 0 aliphatic carbocycles. The highest BCUT2D eigenvalue weighted by Gasteiger charge is 2.29. The van der Waals surface area contributed by atoms with E-state index in [1.54, 1.807) is 24.3 Å². The summed E-state index contributed by atoms with van der Waals surface area (Å²) in [5.41, 5.74) is 0.285. The first kappa shape index (κ1) is 23.3. The number of ether oxygens (including phenoxy) is 2. The van der Waals surface area contributed by atoms with Crippen LogP contribution in [0.15, 0.2) is 34.2 Å². The highest BCUT2D eigenvalue weighted by Crippen LogP contribution is 2.43. The predicted molar refractivity (Wildman–Crippen MR) is 118 cm³/mol. The molecule has 31 heavy (non-hydrogen) atoms. The standard InChI is InChI=1S/C23H27F3N2O2S/c1-3-5-7-8-14-30-21-18(25)17(24)20-22(19(21)26)31-28-23(27-20)15-9-11-16(12-10-15)29-13-6-4-2/h9-12H,3-8,13-14H2,1-2H3,(H,27,28). The van der Waals surface area contributed by atoms with Gasteiger partial charge in [-0.3, -0.25) is 0 Å². The zero-order valence-electron chi connectivity index (χ0n) is 17.8. The Morgan fingerprint density at radius 1 is 0.839 bits per heavy atom. The van der Waals surface area contributed by atoms with Crippen LogP contribution in [-0.2, 0) is 0 Å². The van der Waals surface area contributed by atoms with Crippen molar-refractivity contribution in [3.05, 3.63) is 47.3 Å². The Balaban J connectivity index is 1.78. The zero-order chi connectivity index (χ0) is 22.2. The molecule has 0 atom stereocenters. The molecule has 4 nitrogen and oxygen atoms in total. The van der Waals surface area contributed by atoms with Gasteiger partial charge in [-0.1, -0.05) is 39.5 Å². The average molecular weight is 453 g/mol. The van der Waals surface area contributed by atoms with E-state index < -0.39 is 23.2 Å². The summed E-state index contributed by atoms with van der Waals surface area (Å²) in [5.74, 6) is -3.17. The summed E-state index contributed by atoms with van der Waals surface area (Å²) < 4.78 is 57.8. The Labute approximate surface area is 185 Å². The monoisotopic (exact) mass is 452 g/mol. The van der Waals surface area contributed by atoms with E-state index in [-0.39, 0.29) is 17.2 Å². The largest absolute Gasteiger partial charge is 0.494 e. The molecule has 2 aromatic carbocycles. The summed E-state index contributed by atoms with van der Waals surface area (Å²) in [7, 11) is 0. The average Bonchev–Trinajstić information content (AvgIpc) is 2.79. The van der Waals surface area contributed by atoms with E-state index in [0.29, 0.717) is 30.2 Å². The number of unbranched alkanes of at least 4 members (excludes halogenated alkanes) is 4. The number of fused-ring (bicyclic) bond motifs is 1. The highest BCUT2D eigenvalue weighted by molar-refractivity contribution is 7.98. The molecule has 1 N–H and O–H groups in total. The second-order valence-corrected chi connectivity index (χ2v) is 8.07. The number of halogens is 3. The maximum Gasteiger partial charge on any atom is 0.206 e. The third-order valence-corrected chi connectivity index (χ3v) is 5.70. The first-order valence-corrected chi connectivity index (χ1v) is 11.5. The number of hydrogen-bond donors (Lipinski definition) is 1. The van der Waals surface area contributed by atoms with E-state index in [9.17, 15) is 13.2 Å². The minimum absolute atomic E-state index is 0.120. The number of nitrogens with one attached hydrogen (secondary N) is 1. The number of hydrogen-bond acceptors (Lipinski definition) is 5. The van der Waals surface area contributed by atoms with Gasteiger partial charge in [0.05, 0.1) is 18.1 Å². The van der Waals surface area contributed by atoms with E-state index in [2.05, 4.69) is 23.6 Å². The number of rotatable bonds is 11. The van der Waals surface area contributed by atoms with Crippen molar-refractivity contribution in [1.82, 2.24) is 4.72 Å². The zero-order valence-corrected chi connectivity index (χ0v) is 18.6.